The number of hydrogen-bond donors (Lipinski definition) is 1. The molecule has 0 radical (unpaired) electrons. The monoisotopic (exact) mass is 295 g/mol. The van der Waals surface area contributed by atoms with Gasteiger partial charge in [-0.05, 0) is 25.0 Å². The van der Waals surface area contributed by atoms with Crippen LogP contribution in [0.15, 0.2) is 42.9 Å². The van der Waals surface area contributed by atoms with Crippen LogP contribution in [0.25, 0.3) is 16.7 Å². The van der Waals surface area contributed by atoms with Crippen molar-refractivity contribution in [1.82, 2.24) is 19.7 Å². The predicted octanol–water partition coefficient (Wildman–Crippen LogP) is 1.78. The maximum Gasteiger partial charge on any atom is 0.168 e. The summed E-state index contributed by atoms with van der Waals surface area (Å²) in [4.78, 5) is 11.0. The van der Waals surface area contributed by atoms with Crippen LogP contribution >= 0.6 is 0 Å². The fourth-order valence-electron chi connectivity index (χ4n) is 2.92. The molecule has 6 heteroatoms. The highest BCUT2D eigenvalue weighted by atomic mass is 16.3. The highest BCUT2D eigenvalue weighted by Crippen LogP contribution is 2.26. The fourth-order valence-corrected chi connectivity index (χ4v) is 2.92. The van der Waals surface area contributed by atoms with Gasteiger partial charge in [-0.2, -0.15) is 5.10 Å². The summed E-state index contributed by atoms with van der Waals surface area (Å²) in [5.74, 6) is 0.902. The first-order valence-corrected chi connectivity index (χ1v) is 7.50. The molecule has 0 aliphatic carbocycles. The number of benzene rings is 1. The van der Waals surface area contributed by atoms with Gasteiger partial charge < -0.3 is 10.0 Å². The number of nitrogens with zero attached hydrogens (tertiary/aromatic N) is 5. The number of aliphatic hydroxyl groups is 1. The molecule has 1 fully saturated rings. The predicted molar refractivity (Wildman–Crippen MR) is 84.1 cm³/mol. The molecule has 0 atom stereocenters. The lowest BCUT2D eigenvalue weighted by Gasteiger charge is -2.30. The number of para-hydroxylation sites is 1. The van der Waals surface area contributed by atoms with Crippen LogP contribution in [-0.4, -0.2) is 44.0 Å². The quantitative estimate of drug-likeness (QED) is 0.780. The van der Waals surface area contributed by atoms with E-state index >= 15 is 0 Å². The molecule has 0 saturated carbocycles. The Bertz CT molecular complexity index is 778. The molecule has 1 aromatic carbocycles. The van der Waals surface area contributed by atoms with Gasteiger partial charge in [-0.25, -0.2) is 14.6 Å². The largest absolute Gasteiger partial charge is 0.393 e. The highest BCUT2D eigenvalue weighted by molar-refractivity contribution is 5.87. The van der Waals surface area contributed by atoms with Crippen LogP contribution in [-0.2, 0) is 0 Å². The summed E-state index contributed by atoms with van der Waals surface area (Å²) in [5, 5.41) is 15.1. The van der Waals surface area contributed by atoms with E-state index in [0.29, 0.717) is 0 Å². The smallest absolute Gasteiger partial charge is 0.168 e. The first-order valence-electron chi connectivity index (χ1n) is 7.50. The molecule has 112 valence electrons. The molecular weight excluding hydrogens is 278 g/mol. The Morgan fingerprint density at radius 3 is 2.59 bits per heavy atom. The van der Waals surface area contributed by atoms with Crippen LogP contribution in [0.2, 0.25) is 0 Å². The minimum Gasteiger partial charge on any atom is -0.393 e. The van der Waals surface area contributed by atoms with E-state index in [0.717, 1.165) is 48.5 Å². The summed E-state index contributed by atoms with van der Waals surface area (Å²) >= 11 is 0. The van der Waals surface area contributed by atoms with E-state index in [9.17, 15) is 5.11 Å². The van der Waals surface area contributed by atoms with Crippen LogP contribution < -0.4 is 4.90 Å². The van der Waals surface area contributed by atoms with Crippen LogP contribution in [0.5, 0.6) is 0 Å². The zero-order chi connectivity index (χ0) is 14.9. The number of piperidine rings is 1. The molecule has 6 nitrogen and oxygen atoms in total. The Hall–Kier alpha value is -2.47. The van der Waals surface area contributed by atoms with Crippen LogP contribution in [0.4, 0.5) is 5.82 Å². The molecule has 0 unspecified atom stereocenters. The van der Waals surface area contributed by atoms with Gasteiger partial charge in [0.1, 0.15) is 12.1 Å². The lowest BCUT2D eigenvalue weighted by atomic mass is 10.1. The van der Waals surface area contributed by atoms with Crippen LogP contribution in [0.1, 0.15) is 12.8 Å². The van der Waals surface area contributed by atoms with Crippen molar-refractivity contribution in [2.24, 2.45) is 0 Å². The molecular formula is C16H17N5O. The molecule has 22 heavy (non-hydrogen) atoms. The molecule has 0 spiro atoms. The van der Waals surface area contributed by atoms with Crippen LogP contribution in [0, 0.1) is 0 Å². The molecule has 0 amide bonds. The normalized spacial score (nSPS) is 16.3. The molecule has 1 saturated heterocycles. The lowest BCUT2D eigenvalue weighted by molar-refractivity contribution is 0.145. The maximum atomic E-state index is 9.66. The molecule has 1 aliphatic rings. The topological polar surface area (TPSA) is 67.1 Å². The summed E-state index contributed by atoms with van der Waals surface area (Å²) in [5.41, 5.74) is 1.79. The van der Waals surface area contributed by atoms with Gasteiger partial charge in [-0.15, -0.1) is 0 Å². The number of anilines is 1. The van der Waals surface area contributed by atoms with E-state index in [1.54, 1.807) is 6.33 Å². The Morgan fingerprint density at radius 2 is 1.82 bits per heavy atom. The van der Waals surface area contributed by atoms with Gasteiger partial charge in [0.05, 0.1) is 23.4 Å². The average molecular weight is 295 g/mol. The minimum absolute atomic E-state index is 0.194. The lowest BCUT2D eigenvalue weighted by Crippen LogP contribution is -2.36. The number of aromatic nitrogens is 4. The minimum atomic E-state index is -0.194. The number of hydrogen-bond acceptors (Lipinski definition) is 5. The second-order valence-electron chi connectivity index (χ2n) is 5.54. The van der Waals surface area contributed by atoms with E-state index in [-0.39, 0.29) is 6.10 Å². The summed E-state index contributed by atoms with van der Waals surface area (Å²) in [6.07, 6.45) is 4.77. The highest BCUT2D eigenvalue weighted by Gasteiger charge is 2.21. The van der Waals surface area contributed by atoms with E-state index < -0.39 is 0 Å². The van der Waals surface area contributed by atoms with Crippen molar-refractivity contribution < 1.29 is 5.11 Å². The summed E-state index contributed by atoms with van der Waals surface area (Å²) in [6, 6.07) is 9.96. The number of fused-ring (bicyclic) bond motifs is 1. The number of rotatable bonds is 2. The Kier molecular flexibility index (Phi) is 3.23. The first-order chi connectivity index (χ1) is 10.8. The van der Waals surface area contributed by atoms with Crippen molar-refractivity contribution in [3.8, 4) is 5.69 Å². The third-order valence-electron chi connectivity index (χ3n) is 4.11. The molecule has 3 heterocycles. The van der Waals surface area contributed by atoms with Gasteiger partial charge in [0, 0.05) is 13.1 Å². The van der Waals surface area contributed by atoms with E-state index in [1.165, 1.54) is 0 Å². The molecule has 1 N–H and O–H groups in total. The molecule has 0 bridgehead atoms. The van der Waals surface area contributed by atoms with Gasteiger partial charge in [0.25, 0.3) is 0 Å². The second-order valence-corrected chi connectivity index (χ2v) is 5.54. The van der Waals surface area contributed by atoms with Crippen molar-refractivity contribution in [2.75, 3.05) is 18.0 Å². The Morgan fingerprint density at radius 1 is 1.05 bits per heavy atom. The Balaban J connectivity index is 1.77. The SMILES string of the molecule is OC1CCN(c2ncnc3c2cnn3-c2ccccc2)CC1. The number of aliphatic hydroxyl groups excluding tert-OH is 1. The molecule has 4 rings (SSSR count). The van der Waals surface area contributed by atoms with Crippen molar-refractivity contribution in [2.45, 2.75) is 18.9 Å². The van der Waals surface area contributed by atoms with Crippen molar-refractivity contribution in [1.29, 1.82) is 0 Å². The van der Waals surface area contributed by atoms with Gasteiger partial charge in [0.2, 0.25) is 0 Å². The fraction of sp³-hybridized carbons (Fsp3) is 0.312. The summed E-state index contributed by atoms with van der Waals surface area (Å²) < 4.78 is 1.83. The van der Waals surface area contributed by atoms with Crippen molar-refractivity contribution in [3.05, 3.63) is 42.9 Å². The Labute approximate surface area is 128 Å². The van der Waals surface area contributed by atoms with Crippen molar-refractivity contribution in [3.63, 3.8) is 0 Å². The standard InChI is InChI=1S/C16H17N5O/c22-13-6-8-20(9-7-13)15-14-10-19-21(16(14)18-11-17-15)12-4-2-1-3-5-12/h1-5,10-11,13,22H,6-9H2. The van der Waals surface area contributed by atoms with E-state index in [4.69, 9.17) is 0 Å². The zero-order valence-corrected chi connectivity index (χ0v) is 12.1. The van der Waals surface area contributed by atoms with Gasteiger partial charge in [0.15, 0.2) is 5.65 Å². The van der Waals surface area contributed by atoms with Gasteiger partial charge in [-0.1, -0.05) is 18.2 Å². The van der Waals surface area contributed by atoms with Crippen LogP contribution in [0.3, 0.4) is 0 Å². The van der Waals surface area contributed by atoms with Gasteiger partial charge in [-0.3, -0.25) is 0 Å². The second kappa shape index (κ2) is 5.38. The molecule has 1 aliphatic heterocycles. The summed E-state index contributed by atoms with van der Waals surface area (Å²) in [6.45, 7) is 1.62. The average Bonchev–Trinajstić information content (AvgIpc) is 3.00. The zero-order valence-electron chi connectivity index (χ0n) is 12.1. The third-order valence-corrected chi connectivity index (χ3v) is 4.11. The molecule has 3 aromatic rings. The summed E-state index contributed by atoms with van der Waals surface area (Å²) in [7, 11) is 0. The van der Waals surface area contributed by atoms with E-state index in [2.05, 4.69) is 20.0 Å². The third kappa shape index (κ3) is 2.21. The van der Waals surface area contributed by atoms with Crippen molar-refractivity contribution >= 4 is 16.9 Å². The van der Waals surface area contributed by atoms with Gasteiger partial charge >= 0.3 is 0 Å². The maximum absolute atomic E-state index is 9.66. The van der Waals surface area contributed by atoms with E-state index in [1.807, 2.05) is 41.2 Å². The first kappa shape index (κ1) is 13.2. The molecule has 2 aromatic heterocycles.